The molecule has 4 aromatic rings. The summed E-state index contributed by atoms with van der Waals surface area (Å²) in [6.07, 6.45) is 2.73. The van der Waals surface area contributed by atoms with E-state index in [-0.39, 0.29) is 5.91 Å². The van der Waals surface area contributed by atoms with Crippen molar-refractivity contribution in [3.8, 4) is 0 Å². The molecule has 0 radical (unpaired) electrons. The summed E-state index contributed by atoms with van der Waals surface area (Å²) < 4.78 is 0. The van der Waals surface area contributed by atoms with Gasteiger partial charge in [-0.15, -0.1) is 0 Å². The number of hydrogen-bond donors (Lipinski definition) is 2. The van der Waals surface area contributed by atoms with Crippen LogP contribution in [0, 0.1) is 13.8 Å². The highest BCUT2D eigenvalue weighted by atomic mass is 16.1. The Balaban J connectivity index is 1.10. The number of pyridine rings is 1. The summed E-state index contributed by atoms with van der Waals surface area (Å²) in [5, 5.41) is 5.14. The zero-order valence-electron chi connectivity index (χ0n) is 19.4. The van der Waals surface area contributed by atoms with Crippen LogP contribution in [0.15, 0.2) is 54.7 Å². The number of piperazine rings is 1. The van der Waals surface area contributed by atoms with Gasteiger partial charge in [0.05, 0.1) is 11.0 Å². The average molecular weight is 442 g/mol. The number of hydrogen-bond acceptors (Lipinski definition) is 4. The molecule has 0 spiro atoms. The number of aromatic nitrogens is 2. The third-order valence-corrected chi connectivity index (χ3v) is 6.63. The normalized spacial score (nSPS) is 14.8. The molecule has 0 atom stereocenters. The monoisotopic (exact) mass is 441 g/mol. The topological polar surface area (TPSA) is 64.3 Å². The lowest BCUT2D eigenvalue weighted by Crippen LogP contribution is -2.47. The number of amides is 1. The van der Waals surface area contributed by atoms with Crippen molar-refractivity contribution < 1.29 is 4.79 Å². The van der Waals surface area contributed by atoms with E-state index in [1.807, 2.05) is 30.3 Å². The molecule has 2 N–H and O–H groups in total. The van der Waals surface area contributed by atoms with Crippen LogP contribution in [0.2, 0.25) is 0 Å². The third kappa shape index (κ3) is 4.57. The maximum atomic E-state index is 12.7. The van der Waals surface area contributed by atoms with E-state index in [9.17, 15) is 4.79 Å². The lowest BCUT2D eigenvalue weighted by Gasteiger charge is -2.37. The second-order valence-electron chi connectivity index (χ2n) is 9.02. The SMILES string of the molecule is Cc1ccc(C)c(N2CCN(CCCNC(=O)c3cc4ccc5cccnc5c4[nH]3)CC2)c1. The van der Waals surface area contributed by atoms with E-state index in [4.69, 9.17) is 0 Å². The van der Waals surface area contributed by atoms with Crippen molar-refractivity contribution in [1.29, 1.82) is 0 Å². The van der Waals surface area contributed by atoms with Crippen LogP contribution in [-0.4, -0.2) is 60.0 Å². The first-order valence-corrected chi connectivity index (χ1v) is 11.8. The number of aromatic amines is 1. The molecule has 3 heterocycles. The Morgan fingerprint density at radius 1 is 1.03 bits per heavy atom. The van der Waals surface area contributed by atoms with E-state index in [1.54, 1.807) is 6.20 Å². The number of anilines is 1. The highest BCUT2D eigenvalue weighted by Gasteiger charge is 2.18. The van der Waals surface area contributed by atoms with Gasteiger partial charge in [-0.25, -0.2) is 0 Å². The fourth-order valence-corrected chi connectivity index (χ4v) is 4.73. The minimum atomic E-state index is -0.0602. The summed E-state index contributed by atoms with van der Waals surface area (Å²) in [5.74, 6) is -0.0602. The lowest BCUT2D eigenvalue weighted by atomic mass is 10.1. The van der Waals surface area contributed by atoms with Crippen molar-refractivity contribution in [3.05, 3.63) is 71.5 Å². The highest BCUT2D eigenvalue weighted by Crippen LogP contribution is 2.24. The molecule has 1 amide bonds. The smallest absolute Gasteiger partial charge is 0.267 e. The quantitative estimate of drug-likeness (QED) is 0.439. The molecule has 5 rings (SSSR count). The van der Waals surface area contributed by atoms with Crippen molar-refractivity contribution in [3.63, 3.8) is 0 Å². The Kier molecular flexibility index (Phi) is 6.01. The zero-order chi connectivity index (χ0) is 22.8. The summed E-state index contributed by atoms with van der Waals surface area (Å²) in [4.78, 5) is 25.4. The van der Waals surface area contributed by atoms with E-state index < -0.39 is 0 Å². The number of H-pyrrole nitrogens is 1. The molecule has 6 heteroatoms. The van der Waals surface area contributed by atoms with Gasteiger partial charge in [-0.1, -0.05) is 30.3 Å². The number of carbonyl (C=O) groups is 1. The number of nitrogens with one attached hydrogen (secondary N) is 2. The molecule has 0 saturated carbocycles. The van der Waals surface area contributed by atoms with Gasteiger partial charge in [0.15, 0.2) is 0 Å². The van der Waals surface area contributed by atoms with Gasteiger partial charge in [0.2, 0.25) is 0 Å². The first-order valence-electron chi connectivity index (χ1n) is 11.8. The molecule has 170 valence electrons. The van der Waals surface area contributed by atoms with Crippen LogP contribution in [-0.2, 0) is 0 Å². The number of carbonyl (C=O) groups excluding carboxylic acids is 1. The molecule has 1 aliphatic heterocycles. The maximum absolute atomic E-state index is 12.7. The number of benzene rings is 2. The predicted molar refractivity (Wildman–Crippen MR) is 135 cm³/mol. The molecular weight excluding hydrogens is 410 g/mol. The molecule has 1 fully saturated rings. The first kappa shape index (κ1) is 21.5. The molecule has 1 aliphatic rings. The Morgan fingerprint density at radius 3 is 2.70 bits per heavy atom. The standard InChI is InChI=1S/C27H31N5O/c1-19-6-7-20(2)24(17-19)32-15-13-31(14-16-32)12-4-11-29-27(33)23-18-22-9-8-21-5-3-10-28-25(21)26(22)30-23/h3,5-10,17-18,30H,4,11-16H2,1-2H3,(H,29,33). The van der Waals surface area contributed by atoms with Crippen LogP contribution in [0.25, 0.3) is 21.8 Å². The first-order chi connectivity index (χ1) is 16.1. The zero-order valence-corrected chi connectivity index (χ0v) is 19.4. The van der Waals surface area contributed by atoms with Gasteiger partial charge in [-0.05, 0) is 56.1 Å². The average Bonchev–Trinajstić information content (AvgIpc) is 3.29. The van der Waals surface area contributed by atoms with Crippen molar-refractivity contribution in [2.24, 2.45) is 0 Å². The second kappa shape index (κ2) is 9.24. The van der Waals surface area contributed by atoms with Gasteiger partial charge in [-0.2, -0.15) is 0 Å². The maximum Gasteiger partial charge on any atom is 0.267 e. The van der Waals surface area contributed by atoms with Gasteiger partial charge in [0, 0.05) is 55.4 Å². The van der Waals surface area contributed by atoms with Gasteiger partial charge in [-0.3, -0.25) is 14.7 Å². The summed E-state index contributed by atoms with van der Waals surface area (Å²) in [7, 11) is 0. The van der Waals surface area contributed by atoms with Crippen molar-refractivity contribution in [1.82, 2.24) is 20.2 Å². The predicted octanol–water partition coefficient (Wildman–Crippen LogP) is 4.28. The Morgan fingerprint density at radius 2 is 1.85 bits per heavy atom. The Hall–Kier alpha value is -3.38. The van der Waals surface area contributed by atoms with Gasteiger partial charge in [0.25, 0.3) is 5.91 Å². The highest BCUT2D eigenvalue weighted by molar-refractivity contribution is 6.07. The molecule has 0 bridgehead atoms. The minimum absolute atomic E-state index is 0.0602. The van der Waals surface area contributed by atoms with Crippen molar-refractivity contribution >= 4 is 33.4 Å². The fraction of sp³-hybridized carbons (Fsp3) is 0.333. The summed E-state index contributed by atoms with van der Waals surface area (Å²) in [6, 6.07) is 16.6. The van der Waals surface area contributed by atoms with E-state index in [2.05, 4.69) is 57.1 Å². The van der Waals surface area contributed by atoms with Gasteiger partial charge < -0.3 is 15.2 Å². The number of rotatable bonds is 6. The van der Waals surface area contributed by atoms with Crippen LogP contribution in [0.5, 0.6) is 0 Å². The molecule has 33 heavy (non-hydrogen) atoms. The van der Waals surface area contributed by atoms with Crippen LogP contribution < -0.4 is 10.2 Å². The van der Waals surface area contributed by atoms with Crippen LogP contribution in [0.4, 0.5) is 5.69 Å². The molecular formula is C27H31N5O. The summed E-state index contributed by atoms with van der Waals surface area (Å²) >= 11 is 0. The fourth-order valence-electron chi connectivity index (χ4n) is 4.73. The molecule has 6 nitrogen and oxygen atoms in total. The van der Waals surface area contributed by atoms with E-state index in [1.165, 1.54) is 16.8 Å². The second-order valence-corrected chi connectivity index (χ2v) is 9.02. The molecule has 1 saturated heterocycles. The van der Waals surface area contributed by atoms with Crippen LogP contribution >= 0.6 is 0 Å². The summed E-state index contributed by atoms with van der Waals surface area (Å²) in [5.41, 5.74) is 6.42. The van der Waals surface area contributed by atoms with Crippen molar-refractivity contribution in [2.45, 2.75) is 20.3 Å². The number of fused-ring (bicyclic) bond motifs is 3. The van der Waals surface area contributed by atoms with Crippen LogP contribution in [0.1, 0.15) is 28.0 Å². The largest absolute Gasteiger partial charge is 0.369 e. The van der Waals surface area contributed by atoms with Gasteiger partial charge >= 0.3 is 0 Å². The molecule has 2 aromatic heterocycles. The van der Waals surface area contributed by atoms with Crippen LogP contribution in [0.3, 0.4) is 0 Å². The number of aryl methyl sites for hydroxylation is 2. The minimum Gasteiger partial charge on any atom is -0.369 e. The lowest BCUT2D eigenvalue weighted by molar-refractivity contribution is 0.0947. The van der Waals surface area contributed by atoms with Crippen molar-refractivity contribution in [2.75, 3.05) is 44.2 Å². The third-order valence-electron chi connectivity index (χ3n) is 6.63. The Bertz CT molecular complexity index is 1290. The molecule has 0 aliphatic carbocycles. The van der Waals surface area contributed by atoms with E-state index in [0.717, 1.165) is 61.0 Å². The Labute approximate surface area is 194 Å². The number of nitrogens with zero attached hydrogens (tertiary/aromatic N) is 3. The van der Waals surface area contributed by atoms with Gasteiger partial charge in [0.1, 0.15) is 5.69 Å². The molecule has 2 aromatic carbocycles. The van der Waals surface area contributed by atoms with E-state index >= 15 is 0 Å². The van der Waals surface area contributed by atoms with E-state index in [0.29, 0.717) is 12.2 Å². The summed E-state index contributed by atoms with van der Waals surface area (Å²) in [6.45, 7) is 10.2. The molecule has 0 unspecified atom stereocenters.